The van der Waals surface area contributed by atoms with Gasteiger partial charge < -0.3 is 10.5 Å². The van der Waals surface area contributed by atoms with Gasteiger partial charge in [0.2, 0.25) is 0 Å². The topological polar surface area (TPSA) is 55.6 Å². The molecule has 0 bridgehead atoms. The molecule has 4 nitrogen and oxygen atoms in total. The second kappa shape index (κ2) is 6.37. The van der Waals surface area contributed by atoms with Crippen LogP contribution >= 0.6 is 0 Å². The van der Waals surface area contributed by atoms with E-state index in [1.807, 2.05) is 0 Å². The lowest BCUT2D eigenvalue weighted by Crippen LogP contribution is -2.46. The lowest BCUT2D eigenvalue weighted by Gasteiger charge is -2.23. The van der Waals surface area contributed by atoms with Crippen LogP contribution in [-0.2, 0) is 22.6 Å². The summed E-state index contributed by atoms with van der Waals surface area (Å²) < 4.78 is 5.00. The molecule has 0 aliphatic carbocycles. The second-order valence-electron chi connectivity index (χ2n) is 5.72. The lowest BCUT2D eigenvalue weighted by molar-refractivity contribution is -0.149. The zero-order chi connectivity index (χ0) is 14.6. The van der Waals surface area contributed by atoms with Gasteiger partial charge >= 0.3 is 5.97 Å². The van der Waals surface area contributed by atoms with Crippen molar-refractivity contribution < 1.29 is 9.53 Å². The van der Waals surface area contributed by atoms with Gasteiger partial charge in [0.1, 0.15) is 5.54 Å². The van der Waals surface area contributed by atoms with Crippen molar-refractivity contribution in [3.05, 3.63) is 35.4 Å². The van der Waals surface area contributed by atoms with Crippen molar-refractivity contribution in [2.24, 2.45) is 5.73 Å². The number of esters is 1. The third-order valence-electron chi connectivity index (χ3n) is 3.82. The molecule has 0 aromatic heterocycles. The molecule has 0 saturated heterocycles. The predicted molar refractivity (Wildman–Crippen MR) is 79.0 cm³/mol. The first-order valence-corrected chi connectivity index (χ1v) is 7.28. The van der Waals surface area contributed by atoms with Crippen molar-refractivity contribution in [3.8, 4) is 0 Å². The number of carbonyl (C=O) groups excluding carboxylic acids is 1. The maximum absolute atomic E-state index is 11.7. The van der Waals surface area contributed by atoms with Crippen LogP contribution in [0.5, 0.6) is 0 Å². The molecule has 110 valence electrons. The van der Waals surface area contributed by atoms with E-state index in [-0.39, 0.29) is 5.97 Å². The van der Waals surface area contributed by atoms with E-state index in [1.54, 1.807) is 13.8 Å². The molecular weight excluding hydrogens is 252 g/mol. The Balaban J connectivity index is 1.76. The number of hydrogen-bond donors (Lipinski definition) is 1. The summed E-state index contributed by atoms with van der Waals surface area (Å²) in [5.74, 6) is -0.301. The van der Waals surface area contributed by atoms with Crippen molar-refractivity contribution in [2.45, 2.75) is 45.3 Å². The molecule has 0 saturated carbocycles. The first kappa shape index (κ1) is 15.0. The molecule has 1 aromatic rings. The normalized spacial score (nSPS) is 17.6. The molecule has 2 N–H and O–H groups in total. The van der Waals surface area contributed by atoms with Crippen LogP contribution in [0.15, 0.2) is 24.3 Å². The minimum atomic E-state index is -0.872. The molecule has 1 aliphatic rings. The molecule has 1 heterocycles. The molecule has 1 aromatic carbocycles. The highest BCUT2D eigenvalue weighted by molar-refractivity contribution is 5.79. The molecule has 1 unspecified atom stereocenters. The summed E-state index contributed by atoms with van der Waals surface area (Å²) in [7, 11) is 0. The number of hydrogen-bond acceptors (Lipinski definition) is 4. The van der Waals surface area contributed by atoms with Gasteiger partial charge in [0.05, 0.1) is 6.61 Å². The molecule has 20 heavy (non-hydrogen) atoms. The highest BCUT2D eigenvalue weighted by Gasteiger charge is 2.29. The number of nitrogens with zero attached hydrogens (tertiary/aromatic N) is 1. The van der Waals surface area contributed by atoms with E-state index in [4.69, 9.17) is 10.5 Å². The Labute approximate surface area is 120 Å². The maximum atomic E-state index is 11.7. The fraction of sp³-hybridized carbons (Fsp3) is 0.562. The largest absolute Gasteiger partial charge is 0.465 e. The molecule has 1 aliphatic heterocycles. The Morgan fingerprint density at radius 3 is 2.50 bits per heavy atom. The van der Waals surface area contributed by atoms with Crippen molar-refractivity contribution in [3.63, 3.8) is 0 Å². The van der Waals surface area contributed by atoms with Gasteiger partial charge in [0.25, 0.3) is 0 Å². The lowest BCUT2D eigenvalue weighted by atomic mass is 9.97. The van der Waals surface area contributed by atoms with Gasteiger partial charge in [-0.3, -0.25) is 9.69 Å². The fourth-order valence-corrected chi connectivity index (χ4v) is 2.63. The van der Waals surface area contributed by atoms with Gasteiger partial charge in [-0.15, -0.1) is 0 Å². The molecular formula is C16H24N2O2. The standard InChI is InChI=1S/C16H24N2O2/c1-3-20-15(19)16(2,17)9-6-10-18-11-13-7-4-5-8-14(13)12-18/h4-5,7-8H,3,6,9-12,17H2,1-2H3. The van der Waals surface area contributed by atoms with E-state index >= 15 is 0 Å². The minimum Gasteiger partial charge on any atom is -0.465 e. The summed E-state index contributed by atoms with van der Waals surface area (Å²) in [6.45, 7) is 6.89. The molecule has 4 heteroatoms. The number of rotatable bonds is 6. The van der Waals surface area contributed by atoms with Gasteiger partial charge in [0.15, 0.2) is 0 Å². The molecule has 0 spiro atoms. The molecule has 2 rings (SSSR count). The quantitative estimate of drug-likeness (QED) is 0.808. The first-order chi connectivity index (χ1) is 9.53. The Morgan fingerprint density at radius 1 is 1.35 bits per heavy atom. The van der Waals surface area contributed by atoms with Crippen LogP contribution < -0.4 is 5.73 Å². The molecule has 0 radical (unpaired) electrons. The Kier molecular flexibility index (Phi) is 4.78. The third kappa shape index (κ3) is 3.58. The van der Waals surface area contributed by atoms with E-state index in [0.717, 1.165) is 26.1 Å². The van der Waals surface area contributed by atoms with Gasteiger partial charge in [-0.05, 0) is 44.4 Å². The SMILES string of the molecule is CCOC(=O)C(C)(N)CCCN1Cc2ccccc2C1. The zero-order valence-corrected chi connectivity index (χ0v) is 12.4. The van der Waals surface area contributed by atoms with E-state index in [1.165, 1.54) is 11.1 Å². The van der Waals surface area contributed by atoms with Crippen molar-refractivity contribution in [1.82, 2.24) is 4.90 Å². The second-order valence-corrected chi connectivity index (χ2v) is 5.72. The fourth-order valence-electron chi connectivity index (χ4n) is 2.63. The van der Waals surface area contributed by atoms with E-state index < -0.39 is 5.54 Å². The first-order valence-electron chi connectivity index (χ1n) is 7.28. The average molecular weight is 276 g/mol. The molecule has 0 amide bonds. The highest BCUT2D eigenvalue weighted by Crippen LogP contribution is 2.23. The summed E-state index contributed by atoms with van der Waals surface area (Å²) in [5.41, 5.74) is 7.97. The van der Waals surface area contributed by atoms with Crippen LogP contribution in [0.25, 0.3) is 0 Å². The van der Waals surface area contributed by atoms with E-state index in [0.29, 0.717) is 13.0 Å². The van der Waals surface area contributed by atoms with Gasteiger partial charge in [-0.2, -0.15) is 0 Å². The summed E-state index contributed by atoms with van der Waals surface area (Å²) in [6, 6.07) is 8.53. The Morgan fingerprint density at radius 2 is 1.95 bits per heavy atom. The van der Waals surface area contributed by atoms with E-state index in [9.17, 15) is 4.79 Å². The molecule has 0 fully saturated rings. The van der Waals surface area contributed by atoms with Crippen molar-refractivity contribution >= 4 is 5.97 Å². The van der Waals surface area contributed by atoms with Gasteiger partial charge in [0, 0.05) is 13.1 Å². The number of nitrogens with two attached hydrogens (primary N) is 1. The average Bonchev–Trinajstić information content (AvgIpc) is 2.81. The Bertz CT molecular complexity index is 446. The number of fused-ring (bicyclic) bond motifs is 1. The van der Waals surface area contributed by atoms with Gasteiger partial charge in [-0.25, -0.2) is 0 Å². The predicted octanol–water partition coefficient (Wildman–Crippen LogP) is 2.06. The Hall–Kier alpha value is -1.39. The monoisotopic (exact) mass is 276 g/mol. The number of ether oxygens (including phenoxy) is 1. The van der Waals surface area contributed by atoms with Crippen molar-refractivity contribution in [2.75, 3.05) is 13.2 Å². The summed E-state index contributed by atoms with van der Waals surface area (Å²) in [5, 5.41) is 0. The maximum Gasteiger partial charge on any atom is 0.325 e. The van der Waals surface area contributed by atoms with Crippen LogP contribution in [0.1, 0.15) is 37.8 Å². The molecule has 1 atom stereocenters. The van der Waals surface area contributed by atoms with Crippen LogP contribution in [0.4, 0.5) is 0 Å². The minimum absolute atomic E-state index is 0.301. The summed E-state index contributed by atoms with van der Waals surface area (Å²) >= 11 is 0. The third-order valence-corrected chi connectivity index (χ3v) is 3.82. The summed E-state index contributed by atoms with van der Waals surface area (Å²) in [4.78, 5) is 14.1. The van der Waals surface area contributed by atoms with Crippen LogP contribution in [0.2, 0.25) is 0 Å². The number of benzene rings is 1. The van der Waals surface area contributed by atoms with Gasteiger partial charge in [-0.1, -0.05) is 24.3 Å². The van der Waals surface area contributed by atoms with E-state index in [2.05, 4.69) is 29.2 Å². The highest BCUT2D eigenvalue weighted by atomic mass is 16.5. The van der Waals surface area contributed by atoms with Crippen LogP contribution in [-0.4, -0.2) is 29.6 Å². The van der Waals surface area contributed by atoms with Crippen LogP contribution in [0.3, 0.4) is 0 Å². The summed E-state index contributed by atoms with van der Waals surface area (Å²) in [6.07, 6.45) is 1.55. The zero-order valence-electron chi connectivity index (χ0n) is 12.4. The smallest absolute Gasteiger partial charge is 0.325 e. The van der Waals surface area contributed by atoms with Crippen molar-refractivity contribution in [1.29, 1.82) is 0 Å². The van der Waals surface area contributed by atoms with Crippen LogP contribution in [0, 0.1) is 0 Å². The number of carbonyl (C=O) groups is 1.